The molecule has 0 aromatic carbocycles. The number of alkyl halides is 2. The van der Waals surface area contributed by atoms with Gasteiger partial charge < -0.3 is 0 Å². The highest BCUT2D eigenvalue weighted by Crippen LogP contribution is 2.33. The molecule has 0 bridgehead atoms. The Labute approximate surface area is 70.0 Å². The molecule has 10 heavy (non-hydrogen) atoms. The van der Waals surface area contributed by atoms with Crippen LogP contribution >= 0.6 is 27.3 Å². The smallest absolute Gasteiger partial charge is 0.204 e. The van der Waals surface area contributed by atoms with Crippen molar-refractivity contribution < 1.29 is 8.78 Å². The van der Waals surface area contributed by atoms with Crippen molar-refractivity contribution in [3.05, 3.63) is 20.3 Å². The molecule has 1 rings (SSSR count). The van der Waals surface area contributed by atoms with Gasteiger partial charge in [0.15, 0.2) is 0 Å². The molecule has 1 aromatic heterocycles. The minimum Gasteiger partial charge on any atom is -0.204 e. The maximum Gasteiger partial charge on any atom is 0.272 e. The first-order valence-corrected chi connectivity index (χ1v) is 4.26. The lowest BCUT2D eigenvalue weighted by molar-refractivity contribution is 0.155. The molecule has 0 saturated carbocycles. The zero-order valence-corrected chi connectivity index (χ0v) is 7.60. The van der Waals surface area contributed by atoms with Gasteiger partial charge in [0.25, 0.3) is 6.43 Å². The Morgan fingerprint density at radius 2 is 2.20 bits per heavy atom. The van der Waals surface area contributed by atoms with E-state index in [-0.39, 0.29) is 4.88 Å². The number of thiophene rings is 1. The summed E-state index contributed by atoms with van der Waals surface area (Å²) in [7, 11) is 0. The number of aryl methyl sites for hydroxylation is 1. The van der Waals surface area contributed by atoms with E-state index in [0.29, 0.717) is 0 Å². The molecule has 0 N–H and O–H groups in total. The van der Waals surface area contributed by atoms with Crippen molar-refractivity contribution >= 4 is 27.3 Å². The van der Waals surface area contributed by atoms with Crippen LogP contribution in [0.2, 0.25) is 0 Å². The Morgan fingerprint density at radius 1 is 1.60 bits per heavy atom. The van der Waals surface area contributed by atoms with E-state index >= 15 is 0 Å². The van der Waals surface area contributed by atoms with Gasteiger partial charge in [0.2, 0.25) is 0 Å². The molecule has 0 nitrogen and oxygen atoms in total. The summed E-state index contributed by atoms with van der Waals surface area (Å²) in [4.78, 5) is 0.129. The normalized spacial score (nSPS) is 10.9. The van der Waals surface area contributed by atoms with Crippen LogP contribution in [0.5, 0.6) is 0 Å². The Bertz CT molecular complexity index is 212. The van der Waals surface area contributed by atoms with E-state index in [1.165, 1.54) is 6.07 Å². The van der Waals surface area contributed by atoms with E-state index in [0.717, 1.165) is 20.7 Å². The van der Waals surface area contributed by atoms with Gasteiger partial charge in [0.1, 0.15) is 0 Å². The zero-order valence-electron chi connectivity index (χ0n) is 5.20. The minimum absolute atomic E-state index is 0.129. The second-order valence-electron chi connectivity index (χ2n) is 1.91. The van der Waals surface area contributed by atoms with Crippen molar-refractivity contribution in [1.29, 1.82) is 0 Å². The highest BCUT2D eigenvalue weighted by Gasteiger charge is 2.11. The Hall–Kier alpha value is 0.0400. The van der Waals surface area contributed by atoms with Gasteiger partial charge in [-0.05, 0) is 34.5 Å². The van der Waals surface area contributed by atoms with Gasteiger partial charge in [-0.2, -0.15) is 0 Å². The fourth-order valence-electron chi connectivity index (χ4n) is 0.591. The summed E-state index contributed by atoms with van der Waals surface area (Å²) in [6.45, 7) is 1.80. The topological polar surface area (TPSA) is 0 Å². The molecule has 1 heterocycles. The minimum atomic E-state index is -2.34. The third kappa shape index (κ3) is 1.55. The monoisotopic (exact) mass is 226 g/mol. The van der Waals surface area contributed by atoms with E-state index in [1.807, 2.05) is 0 Å². The lowest BCUT2D eigenvalue weighted by Crippen LogP contribution is -1.73. The summed E-state index contributed by atoms with van der Waals surface area (Å²) in [6, 6.07) is 1.50. The van der Waals surface area contributed by atoms with Gasteiger partial charge in [0.05, 0.1) is 8.66 Å². The third-order valence-corrected chi connectivity index (χ3v) is 3.24. The molecule has 0 spiro atoms. The lowest BCUT2D eigenvalue weighted by atomic mass is 10.3. The van der Waals surface area contributed by atoms with E-state index in [4.69, 9.17) is 0 Å². The van der Waals surface area contributed by atoms with Crippen molar-refractivity contribution in [2.24, 2.45) is 0 Å². The first-order chi connectivity index (χ1) is 4.61. The Morgan fingerprint density at radius 3 is 2.40 bits per heavy atom. The average Bonchev–Trinajstić information content (AvgIpc) is 2.13. The van der Waals surface area contributed by atoms with Crippen molar-refractivity contribution in [2.75, 3.05) is 0 Å². The fraction of sp³-hybridized carbons (Fsp3) is 0.333. The van der Waals surface area contributed by atoms with Crippen LogP contribution in [0.1, 0.15) is 16.9 Å². The van der Waals surface area contributed by atoms with Gasteiger partial charge in [-0.25, -0.2) is 8.78 Å². The molecule has 0 amide bonds. The summed E-state index contributed by atoms with van der Waals surface area (Å²) in [5, 5.41) is 0. The van der Waals surface area contributed by atoms with E-state index in [2.05, 4.69) is 15.9 Å². The van der Waals surface area contributed by atoms with Crippen molar-refractivity contribution in [3.8, 4) is 0 Å². The molecule has 0 radical (unpaired) electrons. The van der Waals surface area contributed by atoms with Crippen LogP contribution in [0.3, 0.4) is 0 Å². The fourth-order valence-corrected chi connectivity index (χ4v) is 2.02. The molecule has 4 heteroatoms. The highest BCUT2D eigenvalue weighted by atomic mass is 79.9. The average molecular weight is 227 g/mol. The summed E-state index contributed by atoms with van der Waals surface area (Å²) in [5.41, 5.74) is 0.875. The van der Waals surface area contributed by atoms with E-state index in [9.17, 15) is 8.78 Å². The molecule has 56 valence electrons. The van der Waals surface area contributed by atoms with Gasteiger partial charge in [0, 0.05) is 0 Å². The van der Waals surface area contributed by atoms with Crippen LogP contribution in [0.4, 0.5) is 8.78 Å². The molecule has 0 unspecified atom stereocenters. The predicted octanol–water partition coefficient (Wildman–Crippen LogP) is 3.76. The van der Waals surface area contributed by atoms with Gasteiger partial charge >= 0.3 is 0 Å². The summed E-state index contributed by atoms with van der Waals surface area (Å²) < 4.78 is 24.7. The highest BCUT2D eigenvalue weighted by molar-refractivity contribution is 9.11. The van der Waals surface area contributed by atoms with Crippen molar-refractivity contribution in [2.45, 2.75) is 13.3 Å². The van der Waals surface area contributed by atoms with Gasteiger partial charge in [-0.15, -0.1) is 11.3 Å². The van der Waals surface area contributed by atoms with Gasteiger partial charge in [-0.1, -0.05) is 0 Å². The van der Waals surface area contributed by atoms with Gasteiger partial charge in [-0.3, -0.25) is 0 Å². The summed E-state index contributed by atoms with van der Waals surface area (Å²) in [6.07, 6.45) is -2.34. The molecule has 1 aromatic rings. The van der Waals surface area contributed by atoms with E-state index < -0.39 is 6.43 Å². The number of rotatable bonds is 1. The first-order valence-electron chi connectivity index (χ1n) is 2.65. The second-order valence-corrected chi connectivity index (χ2v) is 4.31. The van der Waals surface area contributed by atoms with Crippen molar-refractivity contribution in [1.82, 2.24) is 0 Å². The Kier molecular flexibility index (Phi) is 2.41. The molecule has 0 aliphatic heterocycles. The van der Waals surface area contributed by atoms with Crippen LogP contribution in [0.25, 0.3) is 0 Å². The molecule has 0 aliphatic carbocycles. The summed E-state index contributed by atoms with van der Waals surface area (Å²) >= 11 is 4.26. The molecule has 0 atom stereocenters. The molecular weight excluding hydrogens is 222 g/mol. The molecule has 0 fully saturated rings. The van der Waals surface area contributed by atoms with E-state index in [1.54, 1.807) is 6.92 Å². The number of hydrogen-bond acceptors (Lipinski definition) is 1. The maximum absolute atomic E-state index is 11.9. The van der Waals surface area contributed by atoms with Crippen molar-refractivity contribution in [3.63, 3.8) is 0 Å². The van der Waals surface area contributed by atoms with Crippen LogP contribution < -0.4 is 0 Å². The molecule has 0 saturated heterocycles. The SMILES string of the molecule is Cc1cc(C(F)F)sc1Br. The zero-order chi connectivity index (χ0) is 7.72. The lowest BCUT2D eigenvalue weighted by Gasteiger charge is -1.87. The van der Waals surface area contributed by atoms with Crippen LogP contribution in [-0.2, 0) is 0 Å². The largest absolute Gasteiger partial charge is 0.272 e. The Balaban J connectivity index is 2.98. The van der Waals surface area contributed by atoms with Crippen LogP contribution in [0.15, 0.2) is 9.85 Å². The number of halogens is 3. The van der Waals surface area contributed by atoms with Crippen LogP contribution in [0, 0.1) is 6.92 Å². The third-order valence-electron chi connectivity index (χ3n) is 1.09. The van der Waals surface area contributed by atoms with Crippen LogP contribution in [-0.4, -0.2) is 0 Å². The number of hydrogen-bond donors (Lipinski definition) is 0. The maximum atomic E-state index is 11.9. The summed E-state index contributed by atoms with van der Waals surface area (Å²) in [5.74, 6) is 0. The molecule has 0 aliphatic rings. The quantitative estimate of drug-likeness (QED) is 0.685. The first kappa shape index (κ1) is 8.14. The molecular formula is C6H5BrF2S. The second kappa shape index (κ2) is 2.96. The predicted molar refractivity (Wildman–Crippen MR) is 41.7 cm³/mol. The standard InChI is InChI=1S/C6H5BrF2S/c1-3-2-4(6(8)9)10-5(3)7/h2,6H,1H3.